The van der Waals surface area contributed by atoms with E-state index >= 15 is 0 Å². The number of pyridine rings is 1. The van der Waals surface area contributed by atoms with Crippen LogP contribution in [0.1, 0.15) is 68.2 Å². The number of hydrogen-bond acceptors (Lipinski definition) is 6. The van der Waals surface area contributed by atoms with Crippen molar-refractivity contribution in [1.82, 2.24) is 9.88 Å². The van der Waals surface area contributed by atoms with E-state index in [1.165, 1.54) is 6.08 Å². The Morgan fingerprint density at radius 1 is 1.22 bits per heavy atom. The van der Waals surface area contributed by atoms with Crippen molar-refractivity contribution in [2.24, 2.45) is 0 Å². The molecule has 1 aromatic heterocycles. The summed E-state index contributed by atoms with van der Waals surface area (Å²) in [7, 11) is 0. The van der Waals surface area contributed by atoms with Crippen LogP contribution in [0, 0.1) is 0 Å². The number of amides is 1. The lowest BCUT2D eigenvalue weighted by atomic mass is 10.0. The van der Waals surface area contributed by atoms with Crippen LogP contribution in [0.3, 0.4) is 0 Å². The Labute approximate surface area is 228 Å². The van der Waals surface area contributed by atoms with Gasteiger partial charge in [0.1, 0.15) is 5.60 Å². The number of rotatable bonds is 5. The van der Waals surface area contributed by atoms with Crippen molar-refractivity contribution >= 4 is 47.1 Å². The Hall–Kier alpha value is -2.77. The highest BCUT2D eigenvalue weighted by molar-refractivity contribution is 8.00. The largest absolute Gasteiger partial charge is 0.463 e. The minimum Gasteiger partial charge on any atom is -0.463 e. The van der Waals surface area contributed by atoms with E-state index in [1.807, 2.05) is 63.0 Å². The lowest BCUT2D eigenvalue weighted by Gasteiger charge is -2.34. The van der Waals surface area contributed by atoms with Gasteiger partial charge < -0.3 is 14.4 Å². The molecule has 0 spiro atoms. The molecule has 196 valence electrons. The standard InChI is InChI=1S/C29H33ClN2O4S/c1-5-35-25(33)11-8-19-17-20-18-21(30)9-10-24(20)27(26-23(19)7-6-14-31-26)37-22-12-15-32(16-13-22)28(34)36-29(2,3)4/h6-11,14,17-18,22,27H,5,12-13,15-16H2,1-4H3/b11-8+. The molecule has 37 heavy (non-hydrogen) atoms. The summed E-state index contributed by atoms with van der Waals surface area (Å²) in [4.78, 5) is 31.2. The third-order valence-electron chi connectivity index (χ3n) is 6.15. The Morgan fingerprint density at radius 2 is 1.97 bits per heavy atom. The van der Waals surface area contributed by atoms with Gasteiger partial charge in [-0.3, -0.25) is 4.98 Å². The van der Waals surface area contributed by atoms with Crippen molar-refractivity contribution in [1.29, 1.82) is 0 Å². The number of aromatic nitrogens is 1. The molecule has 1 fully saturated rings. The Morgan fingerprint density at radius 3 is 2.68 bits per heavy atom. The van der Waals surface area contributed by atoms with Crippen LogP contribution in [-0.2, 0) is 14.3 Å². The molecule has 0 radical (unpaired) electrons. The lowest BCUT2D eigenvalue weighted by molar-refractivity contribution is -0.137. The van der Waals surface area contributed by atoms with Crippen LogP contribution in [0.4, 0.5) is 4.79 Å². The summed E-state index contributed by atoms with van der Waals surface area (Å²) in [6.45, 7) is 9.09. The molecular formula is C29H33ClN2O4S. The summed E-state index contributed by atoms with van der Waals surface area (Å²) in [6.07, 6.45) is 8.60. The molecule has 0 saturated carbocycles. The van der Waals surface area contributed by atoms with Crippen LogP contribution in [0.5, 0.6) is 0 Å². The molecule has 4 rings (SSSR count). The van der Waals surface area contributed by atoms with Crippen molar-refractivity contribution in [3.63, 3.8) is 0 Å². The van der Waals surface area contributed by atoms with E-state index in [2.05, 4.69) is 12.1 Å². The lowest BCUT2D eigenvalue weighted by Crippen LogP contribution is -2.42. The molecule has 2 heterocycles. The maximum absolute atomic E-state index is 12.5. The zero-order chi connectivity index (χ0) is 26.6. The average molecular weight is 541 g/mol. The van der Waals surface area contributed by atoms with Gasteiger partial charge in [0.25, 0.3) is 0 Å². The predicted octanol–water partition coefficient (Wildman–Crippen LogP) is 6.93. The number of fused-ring (bicyclic) bond motifs is 2. The van der Waals surface area contributed by atoms with Crippen molar-refractivity contribution in [2.45, 2.75) is 56.6 Å². The van der Waals surface area contributed by atoms with Crippen LogP contribution < -0.4 is 0 Å². The first-order valence-electron chi connectivity index (χ1n) is 12.6. The van der Waals surface area contributed by atoms with Gasteiger partial charge in [-0.25, -0.2) is 9.59 Å². The Balaban J connectivity index is 1.61. The van der Waals surface area contributed by atoms with Gasteiger partial charge >= 0.3 is 12.1 Å². The maximum Gasteiger partial charge on any atom is 0.410 e. The number of likely N-dealkylation sites (tertiary alicyclic amines) is 1. The van der Waals surface area contributed by atoms with Crippen molar-refractivity contribution in [3.8, 4) is 0 Å². The van der Waals surface area contributed by atoms with Crippen LogP contribution in [-0.4, -0.2) is 52.5 Å². The zero-order valence-electron chi connectivity index (χ0n) is 21.7. The number of nitrogens with zero attached hydrogens (tertiary/aromatic N) is 2. The molecule has 1 unspecified atom stereocenters. The van der Waals surface area contributed by atoms with Crippen LogP contribution in [0.15, 0.2) is 48.7 Å². The third kappa shape index (κ3) is 6.96. The van der Waals surface area contributed by atoms with E-state index in [0.717, 1.165) is 40.8 Å². The molecular weight excluding hydrogens is 508 g/mol. The third-order valence-corrected chi connectivity index (χ3v) is 7.99. The van der Waals surface area contributed by atoms with Crippen LogP contribution >= 0.6 is 23.4 Å². The summed E-state index contributed by atoms with van der Waals surface area (Å²) in [6, 6.07) is 9.89. The van der Waals surface area contributed by atoms with Gasteiger partial charge in [-0.05, 0) is 87.6 Å². The molecule has 6 nitrogen and oxygen atoms in total. The number of allylic oxidation sites excluding steroid dienone is 2. The maximum atomic E-state index is 12.5. The summed E-state index contributed by atoms with van der Waals surface area (Å²) in [5, 5.41) is 0.974. The van der Waals surface area contributed by atoms with Gasteiger partial charge in [-0.1, -0.05) is 23.7 Å². The quantitative estimate of drug-likeness (QED) is 0.302. The Kier molecular flexibility index (Phi) is 8.65. The number of ether oxygens (including phenoxy) is 2. The van der Waals surface area contributed by atoms with Gasteiger partial charge in [0.15, 0.2) is 0 Å². The molecule has 1 atom stereocenters. The van der Waals surface area contributed by atoms with E-state index in [1.54, 1.807) is 17.9 Å². The molecule has 8 heteroatoms. The van der Waals surface area contributed by atoms with Crippen molar-refractivity contribution in [2.75, 3.05) is 19.7 Å². The number of hydrogen-bond donors (Lipinski definition) is 0. The topological polar surface area (TPSA) is 68.7 Å². The molecule has 2 aliphatic rings. The first-order valence-corrected chi connectivity index (χ1v) is 13.9. The number of carbonyl (C=O) groups is 2. The minimum absolute atomic E-state index is 0.0220. The number of carbonyl (C=O) groups excluding carboxylic acids is 2. The smallest absolute Gasteiger partial charge is 0.410 e. The fraction of sp³-hybridized carbons (Fsp3) is 0.414. The Bertz CT molecular complexity index is 1210. The molecule has 0 bridgehead atoms. The number of halogens is 1. The second-order valence-electron chi connectivity index (χ2n) is 10.1. The summed E-state index contributed by atoms with van der Waals surface area (Å²) < 4.78 is 10.6. The summed E-state index contributed by atoms with van der Waals surface area (Å²) >= 11 is 8.27. The highest BCUT2D eigenvalue weighted by Gasteiger charge is 2.32. The fourth-order valence-electron chi connectivity index (χ4n) is 4.49. The summed E-state index contributed by atoms with van der Waals surface area (Å²) in [5.41, 5.74) is 4.42. The van der Waals surface area contributed by atoms with Crippen molar-refractivity contribution < 1.29 is 19.1 Å². The average Bonchev–Trinajstić information content (AvgIpc) is 2.97. The predicted molar refractivity (Wildman–Crippen MR) is 150 cm³/mol. The molecule has 1 saturated heterocycles. The molecule has 0 N–H and O–H groups in total. The molecule has 1 aromatic carbocycles. The van der Waals surface area contributed by atoms with Crippen LogP contribution in [0.2, 0.25) is 5.02 Å². The minimum atomic E-state index is -0.504. The van der Waals surface area contributed by atoms with E-state index in [4.69, 9.17) is 26.1 Å². The molecule has 1 aliphatic carbocycles. The normalized spacial score (nSPS) is 18.0. The highest BCUT2D eigenvalue weighted by Crippen LogP contribution is 2.47. The number of piperidine rings is 1. The van der Waals surface area contributed by atoms with Gasteiger partial charge in [0.2, 0.25) is 0 Å². The van der Waals surface area contributed by atoms with E-state index < -0.39 is 5.60 Å². The molecule has 1 amide bonds. The second kappa shape index (κ2) is 11.7. The van der Waals surface area contributed by atoms with Crippen molar-refractivity contribution in [3.05, 3.63) is 76.1 Å². The van der Waals surface area contributed by atoms with E-state index in [0.29, 0.717) is 30.0 Å². The monoisotopic (exact) mass is 540 g/mol. The number of esters is 1. The van der Waals surface area contributed by atoms with Gasteiger partial charge in [-0.15, -0.1) is 11.8 Å². The highest BCUT2D eigenvalue weighted by atomic mass is 35.5. The number of thioether (sulfide) groups is 1. The first-order chi connectivity index (χ1) is 17.6. The van der Waals surface area contributed by atoms with Gasteiger partial charge in [-0.2, -0.15) is 0 Å². The van der Waals surface area contributed by atoms with Gasteiger partial charge in [0.05, 0.1) is 17.6 Å². The zero-order valence-corrected chi connectivity index (χ0v) is 23.3. The van der Waals surface area contributed by atoms with E-state index in [-0.39, 0.29) is 17.3 Å². The second-order valence-corrected chi connectivity index (χ2v) is 11.9. The summed E-state index contributed by atoms with van der Waals surface area (Å²) in [5.74, 6) is -0.382. The number of benzene rings is 1. The van der Waals surface area contributed by atoms with E-state index in [9.17, 15) is 9.59 Å². The molecule has 2 aromatic rings. The fourth-order valence-corrected chi connectivity index (χ4v) is 6.22. The first kappa shape index (κ1) is 27.3. The molecule has 1 aliphatic heterocycles. The van der Waals surface area contributed by atoms with Crippen LogP contribution in [0.25, 0.3) is 11.6 Å². The SMILES string of the molecule is CCOC(=O)/C=C/C1=Cc2cc(Cl)ccc2C(SC2CCN(C(=O)OC(C)(C)C)CC2)c2ncccc21. The van der Waals surface area contributed by atoms with Gasteiger partial charge in [0, 0.05) is 41.2 Å².